The Kier molecular flexibility index (Phi) is 7.82. The summed E-state index contributed by atoms with van der Waals surface area (Å²) in [5.41, 5.74) is 2.40. The van der Waals surface area contributed by atoms with Gasteiger partial charge in [-0.25, -0.2) is 4.79 Å². The van der Waals surface area contributed by atoms with Crippen molar-refractivity contribution in [2.45, 2.75) is 19.8 Å². The molecule has 0 saturated carbocycles. The van der Waals surface area contributed by atoms with E-state index in [2.05, 4.69) is 24.5 Å². The maximum atomic E-state index is 13.2. The lowest BCUT2D eigenvalue weighted by molar-refractivity contribution is -0.113. The summed E-state index contributed by atoms with van der Waals surface area (Å²) in [4.78, 5) is 37.4. The molecule has 0 fully saturated rings. The van der Waals surface area contributed by atoms with E-state index in [0.717, 1.165) is 5.56 Å². The molecule has 0 aromatic heterocycles. The first kappa shape index (κ1) is 24.3. The summed E-state index contributed by atoms with van der Waals surface area (Å²) in [7, 11) is 1.41. The molecule has 0 heterocycles. The number of aromatic carboxylic acids is 1. The van der Waals surface area contributed by atoms with Crippen LogP contribution in [0.2, 0.25) is 0 Å². The minimum atomic E-state index is -1.14. The van der Waals surface area contributed by atoms with Crippen molar-refractivity contribution in [3.05, 3.63) is 101 Å². The summed E-state index contributed by atoms with van der Waals surface area (Å²) in [6.07, 6.45) is 1.56. The molecule has 0 spiro atoms. The van der Waals surface area contributed by atoms with Crippen molar-refractivity contribution < 1.29 is 24.2 Å². The molecule has 7 heteroatoms. The molecule has 2 amide bonds. The number of hydrogen-bond acceptors (Lipinski definition) is 4. The molecule has 0 atom stereocenters. The number of methoxy groups -OCH3 is 1. The van der Waals surface area contributed by atoms with E-state index < -0.39 is 17.8 Å². The van der Waals surface area contributed by atoms with Crippen LogP contribution >= 0.6 is 0 Å². The molecule has 0 saturated heterocycles. The molecule has 0 radical (unpaired) electrons. The van der Waals surface area contributed by atoms with Crippen molar-refractivity contribution in [2.24, 2.45) is 0 Å². The van der Waals surface area contributed by atoms with E-state index in [-0.39, 0.29) is 22.7 Å². The number of hydrogen-bond donors (Lipinski definition) is 3. The number of ether oxygens (including phenoxy) is 1. The Morgan fingerprint density at radius 1 is 0.912 bits per heavy atom. The molecule has 34 heavy (non-hydrogen) atoms. The van der Waals surface area contributed by atoms with Gasteiger partial charge in [0.1, 0.15) is 11.4 Å². The number of carboxylic acids is 1. The molecule has 3 aromatic carbocycles. The lowest BCUT2D eigenvalue weighted by Crippen LogP contribution is -2.30. The van der Waals surface area contributed by atoms with Gasteiger partial charge in [0.2, 0.25) is 0 Å². The Balaban J connectivity index is 1.95. The van der Waals surface area contributed by atoms with Gasteiger partial charge < -0.3 is 20.5 Å². The Morgan fingerprint density at radius 2 is 1.59 bits per heavy atom. The highest BCUT2D eigenvalue weighted by Gasteiger charge is 2.18. The van der Waals surface area contributed by atoms with Crippen LogP contribution < -0.4 is 15.4 Å². The van der Waals surface area contributed by atoms with Crippen molar-refractivity contribution in [1.29, 1.82) is 0 Å². The van der Waals surface area contributed by atoms with Crippen molar-refractivity contribution in [3.63, 3.8) is 0 Å². The molecule has 174 valence electrons. The van der Waals surface area contributed by atoms with Gasteiger partial charge in [-0.3, -0.25) is 9.59 Å². The second-order valence-corrected chi connectivity index (χ2v) is 7.87. The summed E-state index contributed by atoms with van der Waals surface area (Å²) in [6, 6.07) is 20.3. The number of amides is 2. The normalized spacial score (nSPS) is 11.1. The molecule has 7 nitrogen and oxygen atoms in total. The van der Waals surface area contributed by atoms with E-state index in [4.69, 9.17) is 4.74 Å². The minimum Gasteiger partial charge on any atom is -0.495 e. The molecule has 3 rings (SSSR count). The van der Waals surface area contributed by atoms with Gasteiger partial charge >= 0.3 is 5.97 Å². The zero-order valence-corrected chi connectivity index (χ0v) is 19.2. The van der Waals surface area contributed by atoms with Crippen molar-refractivity contribution in [2.75, 3.05) is 12.4 Å². The Labute approximate surface area is 198 Å². The van der Waals surface area contributed by atoms with Gasteiger partial charge in [-0.2, -0.15) is 0 Å². The van der Waals surface area contributed by atoms with Gasteiger partial charge in [0.15, 0.2) is 0 Å². The van der Waals surface area contributed by atoms with Crippen LogP contribution in [-0.2, 0) is 4.79 Å². The first-order chi connectivity index (χ1) is 16.3. The largest absolute Gasteiger partial charge is 0.495 e. The van der Waals surface area contributed by atoms with Crippen LogP contribution in [0, 0.1) is 0 Å². The quantitative estimate of drug-likeness (QED) is 0.415. The summed E-state index contributed by atoms with van der Waals surface area (Å²) in [5, 5.41) is 14.6. The van der Waals surface area contributed by atoms with Crippen LogP contribution in [0.25, 0.3) is 6.08 Å². The van der Waals surface area contributed by atoms with E-state index >= 15 is 0 Å². The number of nitrogens with one attached hydrogen (secondary N) is 2. The number of anilines is 1. The standard InChI is InChI=1S/C27H26N2O5/c1-17(2)19-11-9-18(10-12-19)15-23(29-25(30)20-7-5-4-6-8-20)26(31)28-22-16-21(27(32)33)13-14-24(22)34-3/h4-17H,1-3H3,(H,28,31)(H,29,30)(H,32,33)/b23-15-. The van der Waals surface area contributed by atoms with Crippen molar-refractivity contribution in [1.82, 2.24) is 5.32 Å². The predicted octanol–water partition coefficient (Wildman–Crippen LogP) is 4.93. The second kappa shape index (κ2) is 11.0. The van der Waals surface area contributed by atoms with Crippen molar-refractivity contribution in [3.8, 4) is 5.75 Å². The van der Waals surface area contributed by atoms with Crippen LogP contribution in [0.3, 0.4) is 0 Å². The highest BCUT2D eigenvalue weighted by Crippen LogP contribution is 2.26. The third-order valence-corrected chi connectivity index (χ3v) is 5.14. The molecule has 0 aliphatic carbocycles. The maximum absolute atomic E-state index is 13.2. The summed E-state index contributed by atoms with van der Waals surface area (Å²) in [5.74, 6) is -1.58. The van der Waals surface area contributed by atoms with Gasteiger partial charge in [-0.15, -0.1) is 0 Å². The summed E-state index contributed by atoms with van der Waals surface area (Å²) >= 11 is 0. The number of benzene rings is 3. The highest BCUT2D eigenvalue weighted by atomic mass is 16.5. The summed E-state index contributed by atoms with van der Waals surface area (Å²) < 4.78 is 5.25. The number of rotatable bonds is 8. The SMILES string of the molecule is COc1ccc(C(=O)O)cc1NC(=O)/C(=C/c1ccc(C(C)C)cc1)NC(=O)c1ccccc1. The second-order valence-electron chi connectivity index (χ2n) is 7.87. The lowest BCUT2D eigenvalue weighted by atomic mass is 10.0. The average Bonchev–Trinajstić information content (AvgIpc) is 2.84. The monoisotopic (exact) mass is 458 g/mol. The van der Waals surface area contributed by atoms with E-state index in [0.29, 0.717) is 17.0 Å². The number of carboxylic acid groups (broad SMARTS) is 1. The van der Waals surface area contributed by atoms with Crippen LogP contribution in [0.15, 0.2) is 78.5 Å². The third kappa shape index (κ3) is 6.10. The Morgan fingerprint density at radius 3 is 2.18 bits per heavy atom. The molecule has 3 aromatic rings. The maximum Gasteiger partial charge on any atom is 0.335 e. The zero-order valence-electron chi connectivity index (χ0n) is 19.2. The van der Waals surface area contributed by atoms with Gasteiger partial charge in [0, 0.05) is 5.56 Å². The van der Waals surface area contributed by atoms with E-state index in [1.165, 1.54) is 25.3 Å². The third-order valence-electron chi connectivity index (χ3n) is 5.14. The highest BCUT2D eigenvalue weighted by molar-refractivity contribution is 6.11. The lowest BCUT2D eigenvalue weighted by Gasteiger charge is -2.14. The van der Waals surface area contributed by atoms with Gasteiger partial charge in [-0.1, -0.05) is 56.3 Å². The fraction of sp³-hybridized carbons (Fsp3) is 0.148. The number of carbonyl (C=O) groups is 3. The van der Waals surface area contributed by atoms with E-state index in [1.807, 2.05) is 24.3 Å². The molecule has 0 aliphatic rings. The summed E-state index contributed by atoms with van der Waals surface area (Å²) in [6.45, 7) is 4.17. The first-order valence-electron chi connectivity index (χ1n) is 10.7. The average molecular weight is 459 g/mol. The zero-order chi connectivity index (χ0) is 24.7. The molecular formula is C27H26N2O5. The van der Waals surface area contributed by atoms with Crippen LogP contribution in [0.1, 0.15) is 51.6 Å². The fourth-order valence-electron chi connectivity index (χ4n) is 3.21. The molecule has 0 aliphatic heterocycles. The van der Waals surface area contributed by atoms with Crippen LogP contribution in [0.5, 0.6) is 5.75 Å². The Bertz CT molecular complexity index is 1220. The van der Waals surface area contributed by atoms with Gasteiger partial charge in [0.05, 0.1) is 18.4 Å². The van der Waals surface area contributed by atoms with E-state index in [9.17, 15) is 19.5 Å². The topological polar surface area (TPSA) is 105 Å². The molecule has 0 unspecified atom stereocenters. The molecular weight excluding hydrogens is 432 g/mol. The van der Waals surface area contributed by atoms with Gasteiger partial charge in [0.25, 0.3) is 11.8 Å². The predicted molar refractivity (Wildman–Crippen MR) is 131 cm³/mol. The van der Waals surface area contributed by atoms with Crippen LogP contribution in [-0.4, -0.2) is 30.0 Å². The fourth-order valence-corrected chi connectivity index (χ4v) is 3.21. The minimum absolute atomic E-state index is 0.00562. The number of carbonyl (C=O) groups excluding carboxylic acids is 2. The smallest absolute Gasteiger partial charge is 0.335 e. The molecule has 0 bridgehead atoms. The molecule has 3 N–H and O–H groups in total. The van der Waals surface area contributed by atoms with E-state index in [1.54, 1.807) is 36.4 Å². The van der Waals surface area contributed by atoms with Crippen molar-refractivity contribution >= 4 is 29.5 Å². The Hall–Kier alpha value is -4.39. The van der Waals surface area contributed by atoms with Gasteiger partial charge in [-0.05, 0) is 53.5 Å². The first-order valence-corrected chi connectivity index (χ1v) is 10.7. The van der Waals surface area contributed by atoms with Crippen LogP contribution in [0.4, 0.5) is 5.69 Å².